The molecule has 2 aromatic carbocycles. The number of rotatable bonds is 3. The molecule has 1 aliphatic heterocycles. The topological polar surface area (TPSA) is 35.5 Å². The molecular formula is C16H13FO3S. The maximum absolute atomic E-state index is 13.8. The fourth-order valence-electron chi connectivity index (χ4n) is 2.15. The molecule has 0 spiro atoms. The van der Waals surface area contributed by atoms with Gasteiger partial charge in [-0.1, -0.05) is 17.8 Å². The predicted molar refractivity (Wildman–Crippen MR) is 78.0 cm³/mol. The van der Waals surface area contributed by atoms with Gasteiger partial charge in [0.05, 0.1) is 5.56 Å². The van der Waals surface area contributed by atoms with Crippen LogP contribution in [-0.4, -0.2) is 19.0 Å². The van der Waals surface area contributed by atoms with Crippen LogP contribution in [0, 0.1) is 5.82 Å². The van der Waals surface area contributed by atoms with Crippen LogP contribution in [0.25, 0.3) is 0 Å². The van der Waals surface area contributed by atoms with Crippen molar-refractivity contribution < 1.29 is 18.7 Å². The number of halogens is 1. The lowest BCUT2D eigenvalue weighted by molar-refractivity contribution is 0.101. The van der Waals surface area contributed by atoms with E-state index in [4.69, 9.17) is 9.47 Å². The summed E-state index contributed by atoms with van der Waals surface area (Å²) in [6.45, 7) is 2.42. The van der Waals surface area contributed by atoms with Gasteiger partial charge in [-0.15, -0.1) is 0 Å². The quantitative estimate of drug-likeness (QED) is 0.804. The van der Waals surface area contributed by atoms with Crippen LogP contribution >= 0.6 is 11.8 Å². The fourth-order valence-corrected chi connectivity index (χ4v) is 3.19. The van der Waals surface area contributed by atoms with Gasteiger partial charge in [-0.25, -0.2) is 4.39 Å². The molecule has 2 aromatic rings. The largest absolute Gasteiger partial charge is 0.486 e. The summed E-state index contributed by atoms with van der Waals surface area (Å²) >= 11 is 1.33. The molecule has 0 aromatic heterocycles. The highest BCUT2D eigenvalue weighted by Crippen LogP contribution is 2.38. The summed E-state index contributed by atoms with van der Waals surface area (Å²) in [6.07, 6.45) is 0. The molecule has 1 heterocycles. The van der Waals surface area contributed by atoms with Crippen molar-refractivity contribution in [2.75, 3.05) is 13.2 Å². The number of ether oxygens (including phenoxy) is 2. The molecule has 1 aliphatic rings. The summed E-state index contributed by atoms with van der Waals surface area (Å²) in [5, 5.41) is 0. The Hall–Kier alpha value is -2.01. The van der Waals surface area contributed by atoms with Gasteiger partial charge in [-0.05, 0) is 37.3 Å². The van der Waals surface area contributed by atoms with Crippen LogP contribution < -0.4 is 9.47 Å². The van der Waals surface area contributed by atoms with Crippen LogP contribution in [0.3, 0.4) is 0 Å². The van der Waals surface area contributed by atoms with Crippen molar-refractivity contribution in [2.45, 2.75) is 16.7 Å². The second kappa shape index (κ2) is 5.77. The zero-order valence-corrected chi connectivity index (χ0v) is 12.2. The van der Waals surface area contributed by atoms with E-state index in [1.807, 2.05) is 18.2 Å². The standard InChI is InChI=1S/C16H13FO3S/c1-10(18)16-12(17)3-2-4-15(16)21-11-5-6-13-14(9-11)20-8-7-19-13/h2-6,9H,7-8H2,1H3. The molecule has 0 atom stereocenters. The summed E-state index contributed by atoms with van der Waals surface area (Å²) in [6, 6.07) is 10.2. The molecule has 0 bridgehead atoms. The summed E-state index contributed by atoms with van der Waals surface area (Å²) in [4.78, 5) is 13.1. The molecule has 0 saturated heterocycles. The number of carbonyl (C=O) groups is 1. The van der Waals surface area contributed by atoms with Gasteiger partial charge in [-0.3, -0.25) is 4.79 Å². The number of fused-ring (bicyclic) bond motifs is 1. The molecule has 3 nitrogen and oxygen atoms in total. The van der Waals surface area contributed by atoms with E-state index < -0.39 is 5.82 Å². The van der Waals surface area contributed by atoms with Gasteiger partial charge in [0.15, 0.2) is 17.3 Å². The van der Waals surface area contributed by atoms with Gasteiger partial charge >= 0.3 is 0 Å². The average Bonchev–Trinajstić information content (AvgIpc) is 2.47. The van der Waals surface area contributed by atoms with Crippen molar-refractivity contribution in [2.24, 2.45) is 0 Å². The van der Waals surface area contributed by atoms with Crippen molar-refractivity contribution >= 4 is 17.5 Å². The van der Waals surface area contributed by atoms with E-state index in [2.05, 4.69) is 0 Å². The summed E-state index contributed by atoms with van der Waals surface area (Å²) in [7, 11) is 0. The summed E-state index contributed by atoms with van der Waals surface area (Å²) in [5.41, 5.74) is 0.123. The van der Waals surface area contributed by atoms with Crippen LogP contribution in [0.2, 0.25) is 0 Å². The van der Waals surface area contributed by atoms with E-state index in [0.717, 1.165) is 4.90 Å². The van der Waals surface area contributed by atoms with E-state index in [-0.39, 0.29) is 11.3 Å². The lowest BCUT2D eigenvalue weighted by atomic mass is 10.1. The minimum absolute atomic E-state index is 0.123. The van der Waals surface area contributed by atoms with Gasteiger partial charge in [-0.2, -0.15) is 0 Å². The van der Waals surface area contributed by atoms with Crippen molar-refractivity contribution in [3.8, 4) is 11.5 Å². The first-order valence-electron chi connectivity index (χ1n) is 6.52. The Morgan fingerprint density at radius 1 is 1.14 bits per heavy atom. The van der Waals surface area contributed by atoms with Crippen molar-refractivity contribution in [1.29, 1.82) is 0 Å². The molecule has 0 fully saturated rings. The second-order valence-corrected chi connectivity index (χ2v) is 5.69. The third-order valence-corrected chi connectivity index (χ3v) is 4.12. The number of benzene rings is 2. The maximum atomic E-state index is 13.8. The molecule has 0 amide bonds. The highest BCUT2D eigenvalue weighted by atomic mass is 32.2. The highest BCUT2D eigenvalue weighted by Gasteiger charge is 2.16. The molecule has 0 N–H and O–H groups in total. The van der Waals surface area contributed by atoms with E-state index in [9.17, 15) is 9.18 Å². The van der Waals surface area contributed by atoms with E-state index in [1.54, 1.807) is 12.1 Å². The predicted octanol–water partition coefficient (Wildman–Crippen LogP) is 3.95. The summed E-state index contributed by atoms with van der Waals surface area (Å²) < 4.78 is 24.8. The Balaban J connectivity index is 1.94. The molecule has 0 saturated carbocycles. The molecule has 0 radical (unpaired) electrons. The monoisotopic (exact) mass is 304 g/mol. The first kappa shape index (κ1) is 13.9. The van der Waals surface area contributed by atoms with Crippen molar-refractivity contribution in [3.63, 3.8) is 0 Å². The minimum atomic E-state index is -0.495. The summed E-state index contributed by atoms with van der Waals surface area (Å²) in [5.74, 6) is 0.599. The maximum Gasteiger partial charge on any atom is 0.163 e. The van der Waals surface area contributed by atoms with Gasteiger partial charge in [0.1, 0.15) is 19.0 Å². The van der Waals surface area contributed by atoms with Crippen LogP contribution in [0.15, 0.2) is 46.2 Å². The normalized spacial score (nSPS) is 13.0. The minimum Gasteiger partial charge on any atom is -0.486 e. The Labute approximate surface area is 126 Å². The molecule has 3 rings (SSSR count). The van der Waals surface area contributed by atoms with Gasteiger partial charge < -0.3 is 9.47 Å². The third kappa shape index (κ3) is 2.88. The number of carbonyl (C=O) groups excluding carboxylic acids is 1. The Morgan fingerprint density at radius 2 is 1.90 bits per heavy atom. The first-order chi connectivity index (χ1) is 10.1. The SMILES string of the molecule is CC(=O)c1c(F)cccc1Sc1ccc2c(c1)OCCO2. The van der Waals surface area contributed by atoms with Gasteiger partial charge in [0, 0.05) is 9.79 Å². The van der Waals surface area contributed by atoms with Gasteiger partial charge in [0.2, 0.25) is 0 Å². The lowest BCUT2D eigenvalue weighted by Gasteiger charge is -2.18. The number of hydrogen-bond acceptors (Lipinski definition) is 4. The van der Waals surface area contributed by atoms with Crippen molar-refractivity contribution in [1.82, 2.24) is 0 Å². The molecule has 0 aliphatic carbocycles. The lowest BCUT2D eigenvalue weighted by Crippen LogP contribution is -2.15. The van der Waals surface area contributed by atoms with E-state index >= 15 is 0 Å². The Bertz CT molecular complexity index is 700. The zero-order chi connectivity index (χ0) is 14.8. The number of hydrogen-bond donors (Lipinski definition) is 0. The van der Waals surface area contributed by atoms with Crippen molar-refractivity contribution in [3.05, 3.63) is 47.8 Å². The van der Waals surface area contributed by atoms with Crippen LogP contribution in [0.4, 0.5) is 4.39 Å². The number of Topliss-reactive ketones (excluding diaryl/α,β-unsaturated/α-hetero) is 1. The van der Waals surface area contributed by atoms with Crippen LogP contribution in [0.1, 0.15) is 17.3 Å². The molecule has 108 valence electrons. The molecule has 0 unspecified atom stereocenters. The van der Waals surface area contributed by atoms with Crippen LogP contribution in [0.5, 0.6) is 11.5 Å². The number of ketones is 1. The molecular weight excluding hydrogens is 291 g/mol. The van der Waals surface area contributed by atoms with E-state index in [0.29, 0.717) is 29.6 Å². The molecule has 5 heteroatoms. The average molecular weight is 304 g/mol. The Kier molecular flexibility index (Phi) is 3.84. The van der Waals surface area contributed by atoms with Gasteiger partial charge in [0.25, 0.3) is 0 Å². The zero-order valence-electron chi connectivity index (χ0n) is 11.4. The third-order valence-electron chi connectivity index (χ3n) is 3.07. The first-order valence-corrected chi connectivity index (χ1v) is 7.34. The van der Waals surface area contributed by atoms with Crippen LogP contribution in [-0.2, 0) is 0 Å². The fraction of sp³-hybridized carbons (Fsp3) is 0.188. The smallest absolute Gasteiger partial charge is 0.163 e. The second-order valence-electron chi connectivity index (χ2n) is 4.58. The Morgan fingerprint density at radius 3 is 2.67 bits per heavy atom. The highest BCUT2D eigenvalue weighted by molar-refractivity contribution is 7.99. The van der Waals surface area contributed by atoms with E-state index in [1.165, 1.54) is 24.8 Å². The molecule has 21 heavy (non-hydrogen) atoms.